The first-order chi connectivity index (χ1) is 3.00. The molecule has 1 rings (SSSR count). The van der Waals surface area contributed by atoms with Crippen LogP contribution >= 0.6 is 0 Å². The molecule has 0 aliphatic heterocycles. The van der Waals surface area contributed by atoms with E-state index in [0.717, 1.165) is 0 Å². The minimum Gasteiger partial charge on any atom is -0.693 e. The fourth-order valence-corrected chi connectivity index (χ4v) is 0.385. The van der Waals surface area contributed by atoms with Gasteiger partial charge in [0.2, 0.25) is 0 Å². The molecule has 0 bridgehead atoms. The molecule has 0 saturated carbocycles. The average molecular weight is 101 g/mol. The maximum absolute atomic E-state index is 2.00. The second-order valence-electron chi connectivity index (χ2n) is 1.15. The van der Waals surface area contributed by atoms with E-state index < -0.39 is 0 Å². The third kappa shape index (κ3) is 3.95. The summed E-state index contributed by atoms with van der Waals surface area (Å²) in [6.45, 7) is 0. The number of nitrogens with two attached hydrogens (primary N) is 1. The third-order valence-electron chi connectivity index (χ3n) is 0.667. The predicted molar refractivity (Wildman–Crippen MR) is 31.7 cm³/mol. The Labute approximate surface area is 61.9 Å². The molecule has 2 N–H and O–H groups in total. The van der Waals surface area contributed by atoms with Crippen molar-refractivity contribution in [2.24, 2.45) is 0 Å². The Morgan fingerprint density at radius 1 is 0.500 bits per heavy atom. The van der Waals surface area contributed by atoms with Gasteiger partial charge in [0.1, 0.15) is 0 Å². The van der Waals surface area contributed by atoms with E-state index in [9.17, 15) is 0 Å². The first-order valence-electron chi connectivity index (χ1n) is 2.00. The van der Waals surface area contributed by atoms with E-state index in [-0.39, 0.29) is 25.0 Å². The summed E-state index contributed by atoms with van der Waals surface area (Å²) in [7, 11) is 0. The molecule has 0 fully saturated rings. The number of hydrogen-bond acceptors (Lipinski definition) is 0. The minimum atomic E-state index is 0. The Morgan fingerprint density at radius 3 is 0.750 bits per heavy atom. The first kappa shape index (κ1) is 10.7. The summed E-state index contributed by atoms with van der Waals surface area (Å²) < 4.78 is 0. The van der Waals surface area contributed by atoms with Crippen LogP contribution in [-0.4, -0.2) is 0 Å². The van der Waals surface area contributed by atoms with Crippen LogP contribution in [0, 0.1) is 0 Å². The number of benzene rings is 1. The largest absolute Gasteiger partial charge is 1.00 e. The molecule has 0 aliphatic carbocycles. The molecule has 38 valence electrons. The van der Waals surface area contributed by atoms with Crippen LogP contribution < -0.4 is 18.9 Å². The Kier molecular flexibility index (Phi) is 9.07. The topological polar surface area (TPSA) is 33.5 Å². The van der Waals surface area contributed by atoms with E-state index in [2.05, 4.69) is 0 Å². The summed E-state index contributed by atoms with van der Waals surface area (Å²) in [5, 5.41) is 0. The van der Waals surface area contributed by atoms with Gasteiger partial charge in [-0.15, -0.1) is 0 Å². The smallest absolute Gasteiger partial charge is 0.693 e. The van der Waals surface area contributed by atoms with Crippen LogP contribution in [0.2, 0.25) is 0 Å². The van der Waals surface area contributed by atoms with Crippen molar-refractivity contribution in [1.82, 2.24) is 0 Å². The molecule has 0 aliphatic rings. The number of rotatable bonds is 0. The summed E-state index contributed by atoms with van der Waals surface area (Å²) in [5.41, 5.74) is 0. The molecule has 0 saturated heterocycles. The van der Waals surface area contributed by atoms with Crippen molar-refractivity contribution in [3.05, 3.63) is 42.5 Å². The van der Waals surface area contributed by atoms with Crippen molar-refractivity contribution in [3.63, 3.8) is 0 Å². The molecular weight excluding hydrogens is 93.0 g/mol. The molecule has 1 aromatic carbocycles. The van der Waals surface area contributed by atoms with Crippen molar-refractivity contribution in [1.29, 1.82) is 0 Å². The standard InChI is InChI=1S/C6H6.Li.H2N/c1-2-4-6-5-3-1;;/h1-6H;;1H2/q;+1;-1. The quantitative estimate of drug-likeness (QED) is 0.391. The summed E-state index contributed by atoms with van der Waals surface area (Å²) in [6.07, 6.45) is 0. The van der Waals surface area contributed by atoms with Gasteiger partial charge in [0.25, 0.3) is 0 Å². The molecule has 0 radical (unpaired) electrons. The van der Waals surface area contributed by atoms with Crippen LogP contribution in [0.15, 0.2) is 36.4 Å². The van der Waals surface area contributed by atoms with Gasteiger partial charge in [-0.25, -0.2) is 0 Å². The van der Waals surface area contributed by atoms with Gasteiger partial charge in [0, 0.05) is 0 Å². The van der Waals surface area contributed by atoms with Crippen LogP contribution in [-0.2, 0) is 0 Å². The zero-order valence-corrected chi connectivity index (χ0v) is 5.04. The van der Waals surface area contributed by atoms with Gasteiger partial charge < -0.3 is 6.15 Å². The molecule has 1 aromatic rings. The van der Waals surface area contributed by atoms with E-state index in [0.29, 0.717) is 0 Å². The van der Waals surface area contributed by atoms with Crippen molar-refractivity contribution < 1.29 is 18.9 Å². The second kappa shape index (κ2) is 6.78. The van der Waals surface area contributed by atoms with Crippen molar-refractivity contribution in [3.8, 4) is 0 Å². The maximum atomic E-state index is 2.00. The van der Waals surface area contributed by atoms with Crippen molar-refractivity contribution in [2.45, 2.75) is 0 Å². The van der Waals surface area contributed by atoms with Crippen LogP contribution in [0.5, 0.6) is 0 Å². The van der Waals surface area contributed by atoms with Crippen molar-refractivity contribution >= 4 is 0 Å². The molecule has 0 unspecified atom stereocenters. The Balaban J connectivity index is 0. The first-order valence-corrected chi connectivity index (χ1v) is 2.00. The molecule has 1 nitrogen and oxygen atoms in total. The molecular formula is C6H8LiN. The van der Waals surface area contributed by atoms with E-state index in [1.54, 1.807) is 0 Å². The molecule has 0 aromatic heterocycles. The zero-order valence-electron chi connectivity index (χ0n) is 5.04. The van der Waals surface area contributed by atoms with E-state index in [1.165, 1.54) is 0 Å². The Hall–Kier alpha value is -0.223. The summed E-state index contributed by atoms with van der Waals surface area (Å²) in [5.74, 6) is 0. The van der Waals surface area contributed by atoms with Gasteiger partial charge in [0.15, 0.2) is 0 Å². The molecule has 0 amide bonds. The molecule has 0 spiro atoms. The van der Waals surface area contributed by atoms with Gasteiger partial charge in [-0.05, 0) is 0 Å². The summed E-state index contributed by atoms with van der Waals surface area (Å²) >= 11 is 0. The Bertz CT molecular complexity index is 80.5. The SMILES string of the molecule is [Li+].[NH2-].c1ccccc1. The van der Waals surface area contributed by atoms with Gasteiger partial charge in [0.05, 0.1) is 0 Å². The Morgan fingerprint density at radius 2 is 0.625 bits per heavy atom. The van der Waals surface area contributed by atoms with Crippen LogP contribution in [0.1, 0.15) is 0 Å². The van der Waals surface area contributed by atoms with E-state index >= 15 is 0 Å². The zero-order chi connectivity index (χ0) is 4.24. The average Bonchev–Trinajstić information content (AvgIpc) is 1.72. The van der Waals surface area contributed by atoms with Crippen LogP contribution in [0.25, 0.3) is 6.15 Å². The van der Waals surface area contributed by atoms with Crippen molar-refractivity contribution in [2.75, 3.05) is 0 Å². The van der Waals surface area contributed by atoms with Crippen LogP contribution in [0.4, 0.5) is 0 Å². The van der Waals surface area contributed by atoms with Gasteiger partial charge in [-0.3, -0.25) is 0 Å². The van der Waals surface area contributed by atoms with Gasteiger partial charge >= 0.3 is 18.9 Å². The van der Waals surface area contributed by atoms with E-state index in [1.807, 2.05) is 36.4 Å². The van der Waals surface area contributed by atoms with E-state index in [4.69, 9.17) is 0 Å². The second-order valence-corrected chi connectivity index (χ2v) is 1.15. The summed E-state index contributed by atoms with van der Waals surface area (Å²) in [6, 6.07) is 12.0. The monoisotopic (exact) mass is 101 g/mol. The fraction of sp³-hybridized carbons (Fsp3) is 0. The van der Waals surface area contributed by atoms with Gasteiger partial charge in [-0.2, -0.15) is 0 Å². The number of hydrogen-bond donors (Lipinski definition) is 0. The molecule has 2 heteroatoms. The fourth-order valence-electron chi connectivity index (χ4n) is 0.385. The van der Waals surface area contributed by atoms with Gasteiger partial charge in [-0.1, -0.05) is 36.4 Å². The van der Waals surface area contributed by atoms with Crippen LogP contribution in [0.3, 0.4) is 0 Å². The molecule has 0 heterocycles. The maximum Gasteiger partial charge on any atom is 1.00 e. The summed E-state index contributed by atoms with van der Waals surface area (Å²) in [4.78, 5) is 0. The minimum absolute atomic E-state index is 0. The molecule has 8 heavy (non-hydrogen) atoms. The third-order valence-corrected chi connectivity index (χ3v) is 0.667. The normalized spacial score (nSPS) is 6.00. The predicted octanol–water partition coefficient (Wildman–Crippen LogP) is -0.592. The molecule has 0 atom stereocenters.